The third kappa shape index (κ3) is 5.23. The van der Waals surface area contributed by atoms with Crippen LogP contribution in [-0.2, 0) is 9.47 Å². The van der Waals surface area contributed by atoms with E-state index in [1.807, 2.05) is 12.3 Å². The molecule has 2 atom stereocenters. The summed E-state index contributed by atoms with van der Waals surface area (Å²) >= 11 is 6.14. The van der Waals surface area contributed by atoms with Crippen LogP contribution >= 0.6 is 11.6 Å². The van der Waals surface area contributed by atoms with Crippen LogP contribution in [0.3, 0.4) is 0 Å². The molecule has 0 amide bonds. The number of methoxy groups -OCH3 is 2. The summed E-state index contributed by atoms with van der Waals surface area (Å²) in [5.74, 6) is 1.05. The minimum absolute atomic E-state index is 0.0505. The van der Waals surface area contributed by atoms with E-state index in [1.165, 1.54) is 0 Å². The largest absolute Gasteiger partial charge is 0.367 e. The molecule has 4 aliphatic rings. The number of piperidine rings is 1. The van der Waals surface area contributed by atoms with Crippen molar-refractivity contribution in [2.75, 3.05) is 46.9 Å². The first-order chi connectivity index (χ1) is 15.1. The molecule has 8 nitrogen and oxygen atoms in total. The highest BCUT2D eigenvalue weighted by Gasteiger charge is 2.30. The number of likely N-dealkylation sites (tertiary alicyclic amines) is 1. The van der Waals surface area contributed by atoms with Gasteiger partial charge in [-0.25, -0.2) is 9.38 Å². The van der Waals surface area contributed by atoms with Gasteiger partial charge in [-0.3, -0.25) is 4.90 Å². The summed E-state index contributed by atoms with van der Waals surface area (Å²) in [6.45, 7) is 3.44. The Morgan fingerprint density at radius 2 is 2.13 bits per heavy atom. The predicted octanol–water partition coefficient (Wildman–Crippen LogP) is 1.47. The summed E-state index contributed by atoms with van der Waals surface area (Å²) in [5.41, 5.74) is 1.86. The normalized spacial score (nSPS) is 26.2. The number of amidine groups is 1. The van der Waals surface area contributed by atoms with Crippen molar-refractivity contribution < 1.29 is 13.9 Å². The van der Waals surface area contributed by atoms with Gasteiger partial charge in [0.15, 0.2) is 17.9 Å². The summed E-state index contributed by atoms with van der Waals surface area (Å²) in [6.07, 6.45) is 7.43. The van der Waals surface area contributed by atoms with Gasteiger partial charge in [-0.05, 0) is 31.4 Å². The minimum Gasteiger partial charge on any atom is -0.367 e. The lowest BCUT2D eigenvalue weighted by atomic mass is 9.98. The highest BCUT2D eigenvalue weighted by atomic mass is 35.5. The SMILES string of the molecule is COC(CN1CCC[C@@H](CNC2=C(F)CNC(C3=CNC4NC=C(Cl)C=C34)=N2)C1)OC. The topological polar surface area (TPSA) is 82.2 Å². The maximum Gasteiger partial charge on any atom is 0.169 e. The Bertz CT molecular complexity index is 836. The zero-order valence-corrected chi connectivity index (χ0v) is 18.6. The van der Waals surface area contributed by atoms with Crippen molar-refractivity contribution in [3.8, 4) is 0 Å². The van der Waals surface area contributed by atoms with Gasteiger partial charge in [-0.1, -0.05) is 11.6 Å². The van der Waals surface area contributed by atoms with Crippen LogP contribution in [0.25, 0.3) is 0 Å². The van der Waals surface area contributed by atoms with E-state index in [1.54, 1.807) is 20.4 Å². The quantitative estimate of drug-likeness (QED) is 0.415. The molecule has 10 heteroatoms. The fourth-order valence-electron chi connectivity index (χ4n) is 4.28. The molecule has 4 heterocycles. The zero-order chi connectivity index (χ0) is 21.8. The maximum atomic E-state index is 14.5. The Morgan fingerprint density at radius 3 is 2.94 bits per heavy atom. The van der Waals surface area contributed by atoms with Crippen molar-refractivity contribution in [2.45, 2.75) is 25.3 Å². The molecule has 0 aromatic heterocycles. The monoisotopic (exact) mass is 452 g/mol. The Kier molecular flexibility index (Phi) is 7.16. The van der Waals surface area contributed by atoms with Crippen molar-refractivity contribution in [2.24, 2.45) is 10.9 Å². The van der Waals surface area contributed by atoms with Gasteiger partial charge in [-0.15, -0.1) is 0 Å². The van der Waals surface area contributed by atoms with E-state index in [9.17, 15) is 4.39 Å². The number of rotatable bonds is 8. The molecule has 4 aliphatic heterocycles. The molecular formula is C21H30ClFN6O2. The van der Waals surface area contributed by atoms with E-state index in [0.717, 1.165) is 43.6 Å². The molecule has 0 aromatic carbocycles. The lowest BCUT2D eigenvalue weighted by Gasteiger charge is -2.34. The molecule has 0 aliphatic carbocycles. The number of hydrogen-bond acceptors (Lipinski definition) is 8. The molecule has 0 radical (unpaired) electrons. The second-order valence-electron chi connectivity index (χ2n) is 8.07. The number of fused-ring (bicyclic) bond motifs is 1. The first-order valence-electron chi connectivity index (χ1n) is 10.6. The molecule has 1 saturated heterocycles. The number of nitrogens with one attached hydrogen (secondary N) is 4. The van der Waals surface area contributed by atoms with Gasteiger partial charge >= 0.3 is 0 Å². The molecule has 1 unspecified atom stereocenters. The molecule has 31 heavy (non-hydrogen) atoms. The summed E-state index contributed by atoms with van der Waals surface area (Å²) in [6, 6.07) is 0. The fourth-order valence-corrected chi connectivity index (χ4v) is 4.46. The second-order valence-corrected chi connectivity index (χ2v) is 8.51. The standard InChI is InChI=1S/C21H30ClFN6O2/c1-30-18(31-2)12-29-5-3-4-13(11-29)7-24-21-17(23)10-27-20(28-21)16-9-26-19-15(16)6-14(22)8-25-19/h6,8-9,13,18-19,24-26H,3-5,7,10-12H2,1-2H3,(H,27,28)/t13-,19?/m0/s1. The molecule has 0 aromatic rings. The maximum absolute atomic E-state index is 14.5. The van der Waals surface area contributed by atoms with Crippen molar-refractivity contribution in [1.82, 2.24) is 26.2 Å². The zero-order valence-electron chi connectivity index (χ0n) is 17.9. The molecule has 0 saturated carbocycles. The minimum atomic E-state index is -0.285. The van der Waals surface area contributed by atoms with Crippen LogP contribution in [0, 0.1) is 5.92 Å². The van der Waals surface area contributed by atoms with Gasteiger partial charge in [0.25, 0.3) is 0 Å². The van der Waals surface area contributed by atoms with E-state index in [4.69, 9.17) is 21.1 Å². The van der Waals surface area contributed by atoms with Gasteiger partial charge < -0.3 is 30.7 Å². The average Bonchev–Trinajstić information content (AvgIpc) is 3.20. The van der Waals surface area contributed by atoms with Crippen molar-refractivity contribution in [3.05, 3.63) is 46.3 Å². The lowest BCUT2D eigenvalue weighted by Crippen LogP contribution is -2.44. The Morgan fingerprint density at radius 1 is 1.32 bits per heavy atom. The van der Waals surface area contributed by atoms with E-state index in [0.29, 0.717) is 29.2 Å². The van der Waals surface area contributed by atoms with E-state index in [2.05, 4.69) is 31.2 Å². The third-order valence-corrected chi connectivity index (χ3v) is 6.16. The van der Waals surface area contributed by atoms with Gasteiger partial charge in [-0.2, -0.15) is 0 Å². The number of dihydropyridines is 1. The number of ether oxygens (including phenoxy) is 2. The Hall–Kier alpha value is -2.07. The molecule has 0 spiro atoms. The lowest BCUT2D eigenvalue weighted by molar-refractivity contribution is -0.119. The highest BCUT2D eigenvalue weighted by Crippen LogP contribution is 2.27. The predicted molar refractivity (Wildman–Crippen MR) is 119 cm³/mol. The van der Waals surface area contributed by atoms with Crippen molar-refractivity contribution in [1.29, 1.82) is 0 Å². The number of nitrogens with zero attached hydrogens (tertiary/aromatic N) is 2. The Labute approximate surface area is 187 Å². The number of hydrogen-bond donors (Lipinski definition) is 4. The second kappa shape index (κ2) is 10.0. The average molecular weight is 453 g/mol. The van der Waals surface area contributed by atoms with Crippen LogP contribution in [0.1, 0.15) is 12.8 Å². The van der Waals surface area contributed by atoms with Crippen molar-refractivity contribution in [3.63, 3.8) is 0 Å². The van der Waals surface area contributed by atoms with Crippen LogP contribution in [0.4, 0.5) is 4.39 Å². The molecule has 4 rings (SSSR count). The molecular weight excluding hydrogens is 423 g/mol. The van der Waals surface area contributed by atoms with Gasteiger partial charge in [0, 0.05) is 57.4 Å². The summed E-state index contributed by atoms with van der Waals surface area (Å²) in [4.78, 5) is 6.88. The first kappa shape index (κ1) is 22.1. The molecule has 4 N–H and O–H groups in total. The summed E-state index contributed by atoms with van der Waals surface area (Å²) in [5, 5.41) is 13.4. The van der Waals surface area contributed by atoms with E-state index < -0.39 is 0 Å². The summed E-state index contributed by atoms with van der Waals surface area (Å²) < 4.78 is 25.1. The van der Waals surface area contributed by atoms with Gasteiger partial charge in [0.1, 0.15) is 12.0 Å². The molecule has 1 fully saturated rings. The number of aliphatic imine (C=N–C) groups is 1. The van der Waals surface area contributed by atoms with Crippen LogP contribution < -0.4 is 21.3 Å². The Balaban J connectivity index is 1.37. The van der Waals surface area contributed by atoms with Crippen LogP contribution in [0.2, 0.25) is 0 Å². The smallest absolute Gasteiger partial charge is 0.169 e. The number of allylic oxidation sites excluding steroid dienone is 2. The highest BCUT2D eigenvalue weighted by molar-refractivity contribution is 6.31. The van der Waals surface area contributed by atoms with Gasteiger partial charge in [0.05, 0.1) is 11.6 Å². The fraction of sp³-hybridized carbons (Fsp3) is 0.571. The first-order valence-corrected chi connectivity index (χ1v) is 11.0. The van der Waals surface area contributed by atoms with E-state index in [-0.39, 0.29) is 24.8 Å². The van der Waals surface area contributed by atoms with Crippen LogP contribution in [0.15, 0.2) is 51.3 Å². The summed E-state index contributed by atoms with van der Waals surface area (Å²) in [7, 11) is 3.31. The van der Waals surface area contributed by atoms with Gasteiger partial charge in [0.2, 0.25) is 0 Å². The molecule has 0 bridgehead atoms. The van der Waals surface area contributed by atoms with Crippen molar-refractivity contribution >= 4 is 17.4 Å². The third-order valence-electron chi connectivity index (χ3n) is 5.94. The molecule has 170 valence electrons. The van der Waals surface area contributed by atoms with Crippen LogP contribution in [-0.4, -0.2) is 70.1 Å². The van der Waals surface area contributed by atoms with Crippen LogP contribution in [0.5, 0.6) is 0 Å². The van der Waals surface area contributed by atoms with E-state index >= 15 is 0 Å². The number of halogens is 2.